The van der Waals surface area contributed by atoms with E-state index in [4.69, 9.17) is 10.5 Å². The molecule has 0 aromatic carbocycles. The van der Waals surface area contributed by atoms with Gasteiger partial charge in [-0.25, -0.2) is 4.79 Å². The maximum Gasteiger partial charge on any atom is 0.326 e. The van der Waals surface area contributed by atoms with Gasteiger partial charge in [-0.1, -0.05) is 133 Å². The molecule has 288 valence electrons. The van der Waals surface area contributed by atoms with Crippen LogP contribution < -0.4 is 11.1 Å². The fourth-order valence-corrected chi connectivity index (χ4v) is 5.85. The van der Waals surface area contributed by atoms with E-state index in [1.165, 1.54) is 51.4 Å². The molecule has 0 radical (unpaired) electrons. The number of carbonyl (C=O) groups excluding carboxylic acids is 2. The van der Waals surface area contributed by atoms with Crippen LogP contribution in [0, 0.1) is 0 Å². The zero-order valence-electron chi connectivity index (χ0n) is 32.2. The predicted molar refractivity (Wildman–Crippen MR) is 211 cm³/mol. The summed E-state index contributed by atoms with van der Waals surface area (Å²) in [5.74, 6) is -1.28. The first kappa shape index (κ1) is 47.3. The van der Waals surface area contributed by atoms with Crippen molar-refractivity contribution in [2.24, 2.45) is 5.73 Å². The molecule has 0 rings (SSSR count). The number of rotatable bonds is 36. The Bertz CT molecular complexity index is 926. The third kappa shape index (κ3) is 33.8. The number of unbranched alkanes of at least 4 members (excludes halogenated alkanes) is 14. The third-order valence-electron chi connectivity index (χ3n) is 8.91. The molecule has 0 aliphatic rings. The molecule has 2 atom stereocenters. The number of carbonyl (C=O) groups is 3. The number of aliphatic carboxylic acids is 1. The summed E-state index contributed by atoms with van der Waals surface area (Å²) >= 11 is 0. The molecule has 7 nitrogen and oxygen atoms in total. The van der Waals surface area contributed by atoms with Crippen molar-refractivity contribution in [1.82, 2.24) is 5.32 Å². The van der Waals surface area contributed by atoms with Gasteiger partial charge < -0.3 is 20.9 Å². The molecular formula is C43H76N2O5. The minimum absolute atomic E-state index is 0.00589. The van der Waals surface area contributed by atoms with Gasteiger partial charge in [0, 0.05) is 12.8 Å². The van der Waals surface area contributed by atoms with Crippen molar-refractivity contribution in [3.63, 3.8) is 0 Å². The van der Waals surface area contributed by atoms with Crippen LogP contribution in [0.3, 0.4) is 0 Å². The van der Waals surface area contributed by atoms with E-state index in [9.17, 15) is 19.5 Å². The van der Waals surface area contributed by atoms with Crippen LogP contribution in [0.2, 0.25) is 0 Å². The quantitative estimate of drug-likeness (QED) is 0.0340. The van der Waals surface area contributed by atoms with Crippen LogP contribution in [0.4, 0.5) is 0 Å². The molecule has 0 aliphatic heterocycles. The standard InChI is InChI=1S/C43H76N2O5/c1-3-5-7-9-11-13-14-15-16-17-18-20-22-27-31-37-42(47)50-39(33-28-24-21-19-12-10-8-6-4-2)34-29-25-23-26-30-36-41(46)45-40(43(48)49)35-32-38-44/h5,7,11,13,15-16,18,20,39-40H,3-4,6,8-10,12,14,17,19,21-38,44H2,1-2H3,(H,45,46)(H,48,49)/b7-5-,13-11-,16-15-,20-18-. The normalized spacial score (nSPS) is 13.2. The van der Waals surface area contributed by atoms with Crippen LogP contribution in [-0.4, -0.2) is 41.6 Å². The highest BCUT2D eigenvalue weighted by atomic mass is 16.5. The lowest BCUT2D eigenvalue weighted by Crippen LogP contribution is -2.40. The van der Waals surface area contributed by atoms with Gasteiger partial charge in [0.2, 0.25) is 5.91 Å². The van der Waals surface area contributed by atoms with E-state index in [2.05, 4.69) is 67.8 Å². The molecular weight excluding hydrogens is 624 g/mol. The molecule has 2 unspecified atom stereocenters. The van der Waals surface area contributed by atoms with E-state index in [0.717, 1.165) is 96.3 Å². The Kier molecular flexibility index (Phi) is 35.6. The molecule has 1 amide bonds. The lowest BCUT2D eigenvalue weighted by atomic mass is 10.0. The van der Waals surface area contributed by atoms with Crippen LogP contribution in [0.5, 0.6) is 0 Å². The lowest BCUT2D eigenvalue weighted by molar-refractivity contribution is -0.150. The summed E-state index contributed by atoms with van der Waals surface area (Å²) < 4.78 is 6.00. The number of allylic oxidation sites excluding steroid dienone is 8. The van der Waals surface area contributed by atoms with Gasteiger partial charge in [0.25, 0.3) is 0 Å². The number of carboxylic acid groups (broad SMARTS) is 1. The molecule has 0 aromatic heterocycles. The summed E-state index contributed by atoms with van der Waals surface area (Å²) in [4.78, 5) is 36.2. The second-order valence-corrected chi connectivity index (χ2v) is 13.7. The molecule has 7 heteroatoms. The summed E-state index contributed by atoms with van der Waals surface area (Å²) in [6, 6.07) is -0.859. The highest BCUT2D eigenvalue weighted by Crippen LogP contribution is 2.18. The second kappa shape index (κ2) is 37.6. The number of amides is 1. The van der Waals surface area contributed by atoms with Gasteiger partial charge in [-0.3, -0.25) is 9.59 Å². The van der Waals surface area contributed by atoms with Gasteiger partial charge >= 0.3 is 11.9 Å². The van der Waals surface area contributed by atoms with Gasteiger partial charge in [0.05, 0.1) is 0 Å². The van der Waals surface area contributed by atoms with Gasteiger partial charge in [-0.05, 0) is 96.4 Å². The molecule has 0 bridgehead atoms. The molecule has 50 heavy (non-hydrogen) atoms. The molecule has 0 saturated heterocycles. The topological polar surface area (TPSA) is 119 Å². The summed E-state index contributed by atoms with van der Waals surface area (Å²) in [5, 5.41) is 11.9. The maximum absolute atomic E-state index is 12.7. The SMILES string of the molecule is CC/C=C\C/C=C\C/C=C\C/C=C\CCCCC(=O)OC(CCCCCCCCCCC)CCCCCCCC(=O)NC(CCCN)C(=O)O. The lowest BCUT2D eigenvalue weighted by Gasteiger charge is -2.18. The third-order valence-corrected chi connectivity index (χ3v) is 8.91. The molecule has 0 fully saturated rings. The molecule has 0 aliphatic carbocycles. The number of nitrogens with one attached hydrogen (secondary N) is 1. The van der Waals surface area contributed by atoms with E-state index in [1.54, 1.807) is 0 Å². The van der Waals surface area contributed by atoms with Crippen LogP contribution in [-0.2, 0) is 19.1 Å². The van der Waals surface area contributed by atoms with Crippen LogP contribution in [0.1, 0.15) is 187 Å². The van der Waals surface area contributed by atoms with E-state index >= 15 is 0 Å². The van der Waals surface area contributed by atoms with Crippen molar-refractivity contribution in [3.8, 4) is 0 Å². The van der Waals surface area contributed by atoms with Gasteiger partial charge in [-0.15, -0.1) is 0 Å². The predicted octanol–water partition coefficient (Wildman–Crippen LogP) is 11.2. The molecule has 0 aromatic rings. The first-order valence-corrected chi connectivity index (χ1v) is 20.5. The van der Waals surface area contributed by atoms with Crippen molar-refractivity contribution in [3.05, 3.63) is 48.6 Å². The van der Waals surface area contributed by atoms with E-state index in [-0.39, 0.29) is 18.0 Å². The first-order valence-electron chi connectivity index (χ1n) is 20.5. The zero-order chi connectivity index (χ0) is 36.8. The first-order chi connectivity index (χ1) is 24.4. The number of hydrogen-bond donors (Lipinski definition) is 3. The number of nitrogens with two attached hydrogens (primary N) is 1. The van der Waals surface area contributed by atoms with Crippen molar-refractivity contribution < 1.29 is 24.2 Å². The Morgan fingerprint density at radius 2 is 1.10 bits per heavy atom. The van der Waals surface area contributed by atoms with E-state index in [0.29, 0.717) is 32.2 Å². The van der Waals surface area contributed by atoms with Gasteiger partial charge in [-0.2, -0.15) is 0 Å². The molecule has 0 heterocycles. The highest BCUT2D eigenvalue weighted by molar-refractivity contribution is 5.83. The Hall–Kier alpha value is -2.67. The number of hydrogen-bond acceptors (Lipinski definition) is 5. The largest absolute Gasteiger partial charge is 0.480 e. The van der Waals surface area contributed by atoms with Crippen molar-refractivity contribution >= 4 is 17.8 Å². The van der Waals surface area contributed by atoms with Crippen molar-refractivity contribution in [1.29, 1.82) is 0 Å². The minimum Gasteiger partial charge on any atom is -0.480 e. The zero-order valence-corrected chi connectivity index (χ0v) is 32.2. The minimum atomic E-state index is -1.01. The van der Waals surface area contributed by atoms with Crippen LogP contribution in [0.25, 0.3) is 0 Å². The summed E-state index contributed by atoms with van der Waals surface area (Å²) in [7, 11) is 0. The number of esters is 1. The summed E-state index contributed by atoms with van der Waals surface area (Å²) in [6.45, 7) is 4.81. The Morgan fingerprint density at radius 1 is 0.600 bits per heavy atom. The van der Waals surface area contributed by atoms with E-state index < -0.39 is 12.0 Å². The van der Waals surface area contributed by atoms with Gasteiger partial charge in [0.15, 0.2) is 0 Å². The molecule has 0 saturated carbocycles. The summed E-state index contributed by atoms with van der Waals surface area (Å²) in [6.07, 6.45) is 44.4. The van der Waals surface area contributed by atoms with Crippen molar-refractivity contribution in [2.75, 3.05) is 6.54 Å². The number of carboxylic acids is 1. The number of ether oxygens (including phenoxy) is 1. The van der Waals surface area contributed by atoms with Crippen molar-refractivity contribution in [2.45, 2.75) is 199 Å². The van der Waals surface area contributed by atoms with Gasteiger partial charge in [0.1, 0.15) is 12.1 Å². The molecule has 4 N–H and O–H groups in total. The average molecular weight is 701 g/mol. The molecule has 0 spiro atoms. The average Bonchev–Trinajstić information content (AvgIpc) is 3.10. The monoisotopic (exact) mass is 701 g/mol. The second-order valence-electron chi connectivity index (χ2n) is 13.7. The van der Waals surface area contributed by atoms with Crippen LogP contribution in [0.15, 0.2) is 48.6 Å². The summed E-state index contributed by atoms with van der Waals surface area (Å²) in [5.41, 5.74) is 5.47. The highest BCUT2D eigenvalue weighted by Gasteiger charge is 2.19. The van der Waals surface area contributed by atoms with Crippen LogP contribution >= 0.6 is 0 Å². The smallest absolute Gasteiger partial charge is 0.326 e. The Balaban J connectivity index is 4.36. The van der Waals surface area contributed by atoms with E-state index in [1.807, 2.05) is 0 Å². The Labute approximate surface area is 307 Å². The Morgan fingerprint density at radius 3 is 1.64 bits per heavy atom. The fraction of sp³-hybridized carbons (Fsp3) is 0.744. The fourth-order valence-electron chi connectivity index (χ4n) is 5.85. The maximum atomic E-state index is 12.7.